The van der Waals surface area contributed by atoms with Gasteiger partial charge in [0, 0.05) is 13.0 Å². The molecule has 0 bridgehead atoms. The smallest absolute Gasteiger partial charge is 0.300 e. The second kappa shape index (κ2) is 6.80. The van der Waals surface area contributed by atoms with E-state index in [2.05, 4.69) is 0 Å². The molecule has 64 valence electrons. The number of aliphatic hydroxyl groups excluding tert-OH is 1. The van der Waals surface area contributed by atoms with E-state index < -0.39 is 5.97 Å². The van der Waals surface area contributed by atoms with Crippen molar-refractivity contribution in [2.75, 3.05) is 0 Å². The maximum absolute atomic E-state index is 10.0. The van der Waals surface area contributed by atoms with Gasteiger partial charge < -0.3 is 10.2 Å². The molecule has 4 heteroatoms. The zero-order valence-corrected chi connectivity index (χ0v) is 6.79. The quantitative estimate of drug-likeness (QED) is 0.445. The van der Waals surface area contributed by atoms with E-state index in [1.54, 1.807) is 0 Å². The lowest BCUT2D eigenvalue weighted by molar-refractivity contribution is -0.134. The van der Waals surface area contributed by atoms with Crippen LogP contribution < -0.4 is 0 Å². The molecule has 0 saturated heterocycles. The lowest BCUT2D eigenvalue weighted by atomic mass is 10.4. The van der Waals surface area contributed by atoms with Crippen LogP contribution in [0.1, 0.15) is 20.8 Å². The summed E-state index contributed by atoms with van der Waals surface area (Å²) in [6.07, 6.45) is 1.17. The van der Waals surface area contributed by atoms with Crippen LogP contribution in [0.4, 0.5) is 0 Å². The number of carboxylic acid groups (broad SMARTS) is 1. The molecule has 0 saturated carbocycles. The van der Waals surface area contributed by atoms with Gasteiger partial charge in [0.15, 0.2) is 5.78 Å². The first-order valence-electron chi connectivity index (χ1n) is 2.93. The second-order valence-corrected chi connectivity index (χ2v) is 1.92. The summed E-state index contributed by atoms with van der Waals surface area (Å²) in [4.78, 5) is 19.0. The number of allylic oxidation sites excluding steroid dienone is 2. The summed E-state index contributed by atoms with van der Waals surface area (Å²) in [7, 11) is 0. The molecule has 0 unspecified atom stereocenters. The first-order chi connectivity index (χ1) is 4.86. The van der Waals surface area contributed by atoms with Crippen molar-refractivity contribution in [3.63, 3.8) is 0 Å². The molecule has 0 aliphatic rings. The van der Waals surface area contributed by atoms with E-state index >= 15 is 0 Å². The Morgan fingerprint density at radius 1 is 1.09 bits per heavy atom. The minimum atomic E-state index is -0.833. The van der Waals surface area contributed by atoms with Crippen molar-refractivity contribution >= 4 is 11.8 Å². The number of aliphatic carboxylic acids is 1. The largest absolute Gasteiger partial charge is 0.512 e. The lowest BCUT2D eigenvalue weighted by Gasteiger charge is -1.80. The van der Waals surface area contributed by atoms with Gasteiger partial charge in [0.25, 0.3) is 5.97 Å². The first-order valence-corrected chi connectivity index (χ1v) is 2.93. The van der Waals surface area contributed by atoms with Gasteiger partial charge in [0.2, 0.25) is 0 Å². The number of carbonyl (C=O) groups excluding carboxylic acids is 1. The van der Waals surface area contributed by atoms with E-state index in [-0.39, 0.29) is 11.5 Å². The Hall–Kier alpha value is -1.32. The summed E-state index contributed by atoms with van der Waals surface area (Å²) in [5.41, 5.74) is 0. The van der Waals surface area contributed by atoms with Crippen LogP contribution in [0.15, 0.2) is 11.8 Å². The number of carbonyl (C=O) groups is 2. The van der Waals surface area contributed by atoms with Gasteiger partial charge in [0.1, 0.15) is 0 Å². The van der Waals surface area contributed by atoms with Crippen LogP contribution in [0, 0.1) is 0 Å². The van der Waals surface area contributed by atoms with Crippen molar-refractivity contribution in [2.45, 2.75) is 20.8 Å². The Kier molecular flexibility index (Phi) is 7.64. The monoisotopic (exact) mass is 160 g/mol. The van der Waals surface area contributed by atoms with Crippen LogP contribution in [-0.2, 0) is 9.59 Å². The SMILES string of the molecule is CC(=O)C=C(C)O.CC(=O)O. The minimum absolute atomic E-state index is 0.0625. The van der Waals surface area contributed by atoms with Crippen molar-refractivity contribution in [3.05, 3.63) is 11.8 Å². The lowest BCUT2D eigenvalue weighted by Crippen LogP contribution is -1.82. The van der Waals surface area contributed by atoms with Crippen LogP contribution in [0.5, 0.6) is 0 Å². The third kappa shape index (κ3) is 53.9. The molecule has 0 atom stereocenters. The number of hydrogen-bond acceptors (Lipinski definition) is 3. The molecule has 0 amide bonds. The summed E-state index contributed by atoms with van der Waals surface area (Å²) < 4.78 is 0. The fourth-order valence-electron chi connectivity index (χ4n) is 0.294. The van der Waals surface area contributed by atoms with E-state index in [0.717, 1.165) is 6.92 Å². The van der Waals surface area contributed by atoms with Gasteiger partial charge in [-0.3, -0.25) is 9.59 Å². The van der Waals surface area contributed by atoms with Crippen LogP contribution in [0.25, 0.3) is 0 Å². The zero-order valence-electron chi connectivity index (χ0n) is 6.79. The molecule has 0 aromatic rings. The molecule has 0 fully saturated rings. The van der Waals surface area contributed by atoms with Gasteiger partial charge in [-0.15, -0.1) is 0 Å². The van der Waals surface area contributed by atoms with Gasteiger partial charge in [-0.05, 0) is 13.8 Å². The fraction of sp³-hybridized carbons (Fsp3) is 0.429. The molecule has 0 heterocycles. The predicted octanol–water partition coefficient (Wildman–Crippen LogP) is 1.13. The molecule has 0 aliphatic heterocycles. The third-order valence-corrected chi connectivity index (χ3v) is 0.412. The second-order valence-electron chi connectivity index (χ2n) is 1.92. The highest BCUT2D eigenvalue weighted by atomic mass is 16.4. The predicted molar refractivity (Wildman–Crippen MR) is 40.4 cm³/mol. The maximum atomic E-state index is 10.0. The average molecular weight is 160 g/mol. The van der Waals surface area contributed by atoms with Crippen molar-refractivity contribution < 1.29 is 19.8 Å². The summed E-state index contributed by atoms with van der Waals surface area (Å²) in [5.74, 6) is -0.896. The molecule has 0 aromatic heterocycles. The zero-order chi connectivity index (χ0) is 9.44. The number of rotatable bonds is 1. The van der Waals surface area contributed by atoms with Gasteiger partial charge in [0.05, 0.1) is 5.76 Å². The molecule has 4 nitrogen and oxygen atoms in total. The Labute approximate surface area is 65.2 Å². The Balaban J connectivity index is 0. The molecular formula is C7H12O4. The van der Waals surface area contributed by atoms with Crippen LogP contribution in [-0.4, -0.2) is 22.0 Å². The maximum Gasteiger partial charge on any atom is 0.300 e. The Morgan fingerprint density at radius 2 is 1.36 bits per heavy atom. The van der Waals surface area contributed by atoms with Gasteiger partial charge in [-0.1, -0.05) is 0 Å². The summed E-state index contributed by atoms with van der Waals surface area (Å²) in [5, 5.41) is 15.8. The normalized spacial score (nSPS) is 9.55. The van der Waals surface area contributed by atoms with E-state index in [0.29, 0.717) is 0 Å². The van der Waals surface area contributed by atoms with Crippen molar-refractivity contribution in [3.8, 4) is 0 Å². The van der Waals surface area contributed by atoms with E-state index in [9.17, 15) is 4.79 Å². The third-order valence-electron chi connectivity index (χ3n) is 0.412. The van der Waals surface area contributed by atoms with Crippen molar-refractivity contribution in [2.24, 2.45) is 0 Å². The van der Waals surface area contributed by atoms with Crippen LogP contribution >= 0.6 is 0 Å². The summed E-state index contributed by atoms with van der Waals surface area (Å²) in [6, 6.07) is 0. The van der Waals surface area contributed by atoms with Crippen molar-refractivity contribution in [1.82, 2.24) is 0 Å². The van der Waals surface area contributed by atoms with E-state index in [1.165, 1.54) is 19.9 Å². The number of hydrogen-bond donors (Lipinski definition) is 2. The molecule has 2 N–H and O–H groups in total. The highest BCUT2D eigenvalue weighted by Crippen LogP contribution is 1.82. The standard InChI is InChI=1S/C5H8O2.C2H4O2/c1-4(6)3-5(2)7;1-2(3)4/h3,6H,1-2H3;1H3,(H,3,4). The summed E-state index contributed by atoms with van der Waals surface area (Å²) in [6.45, 7) is 3.93. The first kappa shape index (κ1) is 12.4. The van der Waals surface area contributed by atoms with Crippen LogP contribution in [0.3, 0.4) is 0 Å². The number of carboxylic acids is 1. The number of ketones is 1. The fourth-order valence-corrected chi connectivity index (χ4v) is 0.294. The molecule has 0 aliphatic carbocycles. The van der Waals surface area contributed by atoms with Gasteiger partial charge >= 0.3 is 0 Å². The van der Waals surface area contributed by atoms with Crippen molar-refractivity contribution in [1.29, 1.82) is 0 Å². The van der Waals surface area contributed by atoms with Gasteiger partial charge in [-0.25, -0.2) is 0 Å². The molecule has 0 spiro atoms. The molecule has 0 radical (unpaired) electrons. The highest BCUT2D eigenvalue weighted by Gasteiger charge is 1.82. The van der Waals surface area contributed by atoms with Crippen LogP contribution in [0.2, 0.25) is 0 Å². The Morgan fingerprint density at radius 3 is 1.36 bits per heavy atom. The minimum Gasteiger partial charge on any atom is -0.512 e. The van der Waals surface area contributed by atoms with E-state index in [1.807, 2.05) is 0 Å². The van der Waals surface area contributed by atoms with E-state index in [4.69, 9.17) is 15.0 Å². The molecule has 0 aromatic carbocycles. The topological polar surface area (TPSA) is 74.6 Å². The average Bonchev–Trinajstić information content (AvgIpc) is 1.56. The molecular weight excluding hydrogens is 148 g/mol. The highest BCUT2D eigenvalue weighted by molar-refractivity contribution is 5.87. The number of aliphatic hydroxyl groups is 1. The summed E-state index contributed by atoms with van der Waals surface area (Å²) >= 11 is 0. The molecule has 11 heavy (non-hydrogen) atoms. The van der Waals surface area contributed by atoms with Gasteiger partial charge in [-0.2, -0.15) is 0 Å². The Bertz CT molecular complexity index is 161. The molecule has 0 rings (SSSR count).